The zero-order chi connectivity index (χ0) is 25.8. The van der Waals surface area contributed by atoms with E-state index in [4.69, 9.17) is 9.47 Å². The summed E-state index contributed by atoms with van der Waals surface area (Å²) in [6.07, 6.45) is 8.50. The molecule has 6 atom stereocenters. The van der Waals surface area contributed by atoms with Crippen molar-refractivity contribution in [2.45, 2.75) is 63.8 Å². The molecule has 0 bridgehead atoms. The SMILES string of the molecule is CC[C@@]12C=CCCOC(=O)[C@@H]1[C@H]1C(=O)N([C@H](C)CO)C3C(=O)N(c4cc(C)ccc4C)CC=C[C@@]31O2. The summed E-state index contributed by atoms with van der Waals surface area (Å²) in [6, 6.07) is 4.26. The first kappa shape index (κ1) is 24.7. The molecule has 2 fully saturated rings. The Morgan fingerprint density at radius 1 is 1.11 bits per heavy atom. The van der Waals surface area contributed by atoms with Gasteiger partial charge in [0.1, 0.15) is 23.2 Å². The van der Waals surface area contributed by atoms with Gasteiger partial charge in [-0.3, -0.25) is 14.4 Å². The van der Waals surface area contributed by atoms with Crippen molar-refractivity contribution < 1.29 is 29.0 Å². The van der Waals surface area contributed by atoms with Crippen molar-refractivity contribution in [1.82, 2.24) is 4.90 Å². The molecule has 0 saturated carbocycles. The molecule has 1 spiro atoms. The van der Waals surface area contributed by atoms with E-state index < -0.39 is 41.1 Å². The van der Waals surface area contributed by atoms with Crippen molar-refractivity contribution in [3.63, 3.8) is 0 Å². The Morgan fingerprint density at radius 3 is 2.61 bits per heavy atom. The highest BCUT2D eigenvalue weighted by atomic mass is 16.6. The number of rotatable bonds is 4. The zero-order valence-corrected chi connectivity index (χ0v) is 21.3. The number of carbonyl (C=O) groups is 3. The molecule has 1 aromatic carbocycles. The molecule has 4 aliphatic heterocycles. The summed E-state index contributed by atoms with van der Waals surface area (Å²) in [5.74, 6) is -2.97. The van der Waals surface area contributed by atoms with Crippen LogP contribution in [0, 0.1) is 25.7 Å². The fourth-order valence-corrected chi connectivity index (χ4v) is 6.46. The second-order valence-electron chi connectivity index (χ2n) is 10.4. The molecule has 8 nitrogen and oxygen atoms in total. The molecule has 192 valence electrons. The van der Waals surface area contributed by atoms with E-state index in [1.54, 1.807) is 11.8 Å². The highest BCUT2D eigenvalue weighted by Gasteiger charge is 2.75. The second kappa shape index (κ2) is 8.85. The van der Waals surface area contributed by atoms with E-state index in [1.165, 1.54) is 4.90 Å². The van der Waals surface area contributed by atoms with Gasteiger partial charge in [-0.25, -0.2) is 0 Å². The number of amides is 2. The van der Waals surface area contributed by atoms with Crippen LogP contribution >= 0.6 is 0 Å². The van der Waals surface area contributed by atoms with Crippen LogP contribution in [0.5, 0.6) is 0 Å². The average molecular weight is 495 g/mol. The lowest BCUT2D eigenvalue weighted by Gasteiger charge is -2.40. The number of likely N-dealkylation sites (tertiary alicyclic amines) is 1. The Hall–Kier alpha value is -2.97. The minimum absolute atomic E-state index is 0.231. The number of esters is 1. The first-order valence-electron chi connectivity index (χ1n) is 12.7. The summed E-state index contributed by atoms with van der Waals surface area (Å²) in [4.78, 5) is 45.0. The standard InChI is InChI=1S/C28H34N2O6/c1-5-27-11-6-7-14-35-26(34)22(27)21-24(32)30(19(4)16-31)23-25(33)29(13-8-12-28(21,23)36-27)20-15-17(2)9-10-18(20)3/h6,8-12,15,19,21-23,31H,5,7,13-14,16H2,1-4H3/t19-,21+,22+,23?,27-,28+/m1/s1. The Labute approximate surface area is 211 Å². The zero-order valence-electron chi connectivity index (χ0n) is 21.3. The Balaban J connectivity index is 1.70. The number of anilines is 1. The average Bonchev–Trinajstić information content (AvgIpc) is 3.21. The van der Waals surface area contributed by atoms with Crippen molar-refractivity contribution in [1.29, 1.82) is 0 Å². The van der Waals surface area contributed by atoms with Gasteiger partial charge < -0.3 is 24.4 Å². The summed E-state index contributed by atoms with van der Waals surface area (Å²) in [5.41, 5.74) is 0.289. The van der Waals surface area contributed by atoms with E-state index >= 15 is 0 Å². The van der Waals surface area contributed by atoms with E-state index in [9.17, 15) is 19.5 Å². The van der Waals surface area contributed by atoms with Gasteiger partial charge in [-0.2, -0.15) is 0 Å². The molecular weight excluding hydrogens is 460 g/mol. The van der Waals surface area contributed by atoms with Crippen LogP contribution in [0.1, 0.15) is 37.8 Å². The number of nitrogens with zero attached hydrogens (tertiary/aromatic N) is 2. The summed E-state index contributed by atoms with van der Waals surface area (Å²) in [5, 5.41) is 10.1. The largest absolute Gasteiger partial charge is 0.465 e. The van der Waals surface area contributed by atoms with Crippen molar-refractivity contribution in [2.24, 2.45) is 11.8 Å². The molecule has 0 aromatic heterocycles. The maximum Gasteiger partial charge on any atom is 0.313 e. The second-order valence-corrected chi connectivity index (χ2v) is 10.4. The number of aliphatic hydroxyl groups excluding tert-OH is 1. The fraction of sp³-hybridized carbons (Fsp3) is 0.536. The summed E-state index contributed by atoms with van der Waals surface area (Å²) in [6.45, 7) is 7.76. The van der Waals surface area contributed by atoms with Crippen LogP contribution in [0.3, 0.4) is 0 Å². The topological polar surface area (TPSA) is 96.4 Å². The highest BCUT2D eigenvalue weighted by molar-refractivity contribution is 6.06. The van der Waals surface area contributed by atoms with Gasteiger partial charge in [-0.05, 0) is 50.8 Å². The summed E-state index contributed by atoms with van der Waals surface area (Å²) in [7, 11) is 0. The quantitative estimate of drug-likeness (QED) is 0.510. The number of aryl methyl sites for hydroxylation is 2. The molecule has 0 radical (unpaired) electrons. The normalized spacial score (nSPS) is 34.5. The van der Waals surface area contributed by atoms with E-state index in [1.807, 2.05) is 63.3 Å². The van der Waals surface area contributed by atoms with Crippen LogP contribution in [-0.2, 0) is 23.9 Å². The third-order valence-electron chi connectivity index (χ3n) is 8.23. The van der Waals surface area contributed by atoms with E-state index in [2.05, 4.69) is 0 Å². The molecule has 2 amide bonds. The van der Waals surface area contributed by atoms with Crippen LogP contribution in [-0.4, -0.2) is 70.8 Å². The van der Waals surface area contributed by atoms with Crippen LogP contribution in [0.2, 0.25) is 0 Å². The van der Waals surface area contributed by atoms with Gasteiger partial charge >= 0.3 is 5.97 Å². The van der Waals surface area contributed by atoms with E-state index in [0.717, 1.165) is 16.8 Å². The number of hydrogen-bond acceptors (Lipinski definition) is 6. The Morgan fingerprint density at radius 2 is 1.89 bits per heavy atom. The lowest BCUT2D eigenvalue weighted by Crippen LogP contribution is -2.58. The maximum absolute atomic E-state index is 14.4. The molecular formula is C28H34N2O6. The lowest BCUT2D eigenvalue weighted by atomic mass is 9.73. The monoisotopic (exact) mass is 494 g/mol. The van der Waals surface area contributed by atoms with E-state index in [0.29, 0.717) is 19.4 Å². The summed E-state index contributed by atoms with van der Waals surface area (Å²) < 4.78 is 12.4. The number of cyclic esters (lactones) is 1. The molecule has 1 unspecified atom stereocenters. The molecule has 2 saturated heterocycles. The first-order valence-corrected chi connectivity index (χ1v) is 12.7. The molecule has 5 rings (SSSR count). The van der Waals surface area contributed by atoms with Gasteiger partial charge in [0.25, 0.3) is 5.91 Å². The molecule has 4 heterocycles. The van der Waals surface area contributed by atoms with Crippen molar-refractivity contribution >= 4 is 23.5 Å². The van der Waals surface area contributed by atoms with E-state index in [-0.39, 0.29) is 25.0 Å². The first-order chi connectivity index (χ1) is 17.2. The van der Waals surface area contributed by atoms with Gasteiger partial charge in [-0.1, -0.05) is 43.4 Å². The van der Waals surface area contributed by atoms with Crippen LogP contribution in [0.15, 0.2) is 42.5 Å². The summed E-state index contributed by atoms with van der Waals surface area (Å²) >= 11 is 0. The van der Waals surface area contributed by atoms with Gasteiger partial charge in [0, 0.05) is 12.2 Å². The van der Waals surface area contributed by atoms with Gasteiger partial charge in [0.2, 0.25) is 5.91 Å². The molecule has 0 aliphatic carbocycles. The number of hydrogen-bond donors (Lipinski definition) is 1. The maximum atomic E-state index is 14.4. The number of benzene rings is 1. The fourth-order valence-electron chi connectivity index (χ4n) is 6.46. The molecule has 1 aromatic rings. The third-order valence-corrected chi connectivity index (χ3v) is 8.23. The van der Waals surface area contributed by atoms with Crippen molar-refractivity contribution in [2.75, 3.05) is 24.7 Å². The van der Waals surface area contributed by atoms with Crippen molar-refractivity contribution in [3.8, 4) is 0 Å². The lowest BCUT2D eigenvalue weighted by molar-refractivity contribution is -0.161. The predicted octanol–water partition coefficient (Wildman–Crippen LogP) is 2.45. The number of fused-ring (bicyclic) bond motifs is 2. The number of aliphatic hydroxyl groups is 1. The Kier molecular flexibility index (Phi) is 6.08. The van der Waals surface area contributed by atoms with Crippen LogP contribution in [0.25, 0.3) is 0 Å². The smallest absolute Gasteiger partial charge is 0.313 e. The number of ether oxygens (including phenoxy) is 2. The number of carbonyl (C=O) groups excluding carboxylic acids is 3. The minimum atomic E-state index is -1.36. The molecule has 1 N–H and O–H groups in total. The third kappa shape index (κ3) is 3.38. The minimum Gasteiger partial charge on any atom is -0.465 e. The van der Waals surface area contributed by atoms with Crippen LogP contribution in [0.4, 0.5) is 5.69 Å². The predicted molar refractivity (Wildman–Crippen MR) is 133 cm³/mol. The van der Waals surface area contributed by atoms with Crippen LogP contribution < -0.4 is 4.90 Å². The highest BCUT2D eigenvalue weighted by Crippen LogP contribution is 2.58. The molecule has 8 heteroatoms. The van der Waals surface area contributed by atoms with Crippen molar-refractivity contribution in [3.05, 3.63) is 53.6 Å². The van der Waals surface area contributed by atoms with Gasteiger partial charge in [0.15, 0.2) is 0 Å². The van der Waals surface area contributed by atoms with Gasteiger partial charge in [0.05, 0.1) is 25.2 Å². The van der Waals surface area contributed by atoms with Gasteiger partial charge in [-0.15, -0.1) is 0 Å². The Bertz CT molecular complexity index is 1160. The molecule has 4 aliphatic rings. The molecule has 36 heavy (non-hydrogen) atoms.